The Morgan fingerprint density at radius 2 is 2.00 bits per heavy atom. The molecule has 2 aliphatic carbocycles. The summed E-state index contributed by atoms with van der Waals surface area (Å²) in [5, 5.41) is 13.6. The maximum absolute atomic E-state index is 9.86. The Bertz CT molecular complexity index is 398. The minimum atomic E-state index is -0.161. The third-order valence-electron chi connectivity index (χ3n) is 4.46. The molecule has 1 unspecified atom stereocenters. The van der Waals surface area contributed by atoms with Crippen LogP contribution < -0.4 is 5.32 Å². The lowest BCUT2D eigenvalue weighted by Gasteiger charge is -2.33. The lowest BCUT2D eigenvalue weighted by molar-refractivity contribution is 0.146. The van der Waals surface area contributed by atoms with E-state index in [0.29, 0.717) is 6.04 Å². The Morgan fingerprint density at radius 3 is 2.76 bits per heavy atom. The summed E-state index contributed by atoms with van der Waals surface area (Å²) >= 11 is 0. The molecule has 2 N–H and O–H groups in total. The fourth-order valence-corrected chi connectivity index (χ4v) is 3.51. The molecule has 2 aliphatic rings. The minimum Gasteiger partial charge on any atom is -0.394 e. The van der Waals surface area contributed by atoms with Crippen molar-refractivity contribution in [1.29, 1.82) is 0 Å². The van der Waals surface area contributed by atoms with E-state index in [1.165, 1.54) is 36.8 Å². The molecular formula is C15H21NO. The number of hydrogen-bond acceptors (Lipinski definition) is 2. The van der Waals surface area contributed by atoms with E-state index in [2.05, 4.69) is 29.6 Å². The lowest BCUT2D eigenvalue weighted by Crippen LogP contribution is -2.48. The van der Waals surface area contributed by atoms with Gasteiger partial charge in [0.25, 0.3) is 0 Å². The molecule has 1 saturated carbocycles. The molecule has 0 saturated heterocycles. The zero-order chi connectivity index (χ0) is 11.7. The topological polar surface area (TPSA) is 32.3 Å². The number of benzene rings is 1. The third kappa shape index (κ3) is 1.90. The van der Waals surface area contributed by atoms with Crippen LogP contribution in [0, 0.1) is 0 Å². The molecule has 0 heterocycles. The molecule has 1 fully saturated rings. The van der Waals surface area contributed by atoms with Gasteiger partial charge in [-0.25, -0.2) is 0 Å². The first-order valence-corrected chi connectivity index (χ1v) is 6.81. The zero-order valence-corrected chi connectivity index (χ0v) is 10.3. The second-order valence-electron chi connectivity index (χ2n) is 5.52. The molecule has 0 amide bonds. The second kappa shape index (κ2) is 4.43. The number of hydrogen-bond donors (Lipinski definition) is 2. The van der Waals surface area contributed by atoms with Crippen molar-refractivity contribution < 1.29 is 5.11 Å². The van der Waals surface area contributed by atoms with Crippen LogP contribution in [-0.2, 0) is 12.0 Å². The van der Waals surface area contributed by atoms with E-state index in [0.717, 1.165) is 12.8 Å². The summed E-state index contributed by atoms with van der Waals surface area (Å²) < 4.78 is 0. The van der Waals surface area contributed by atoms with Crippen LogP contribution in [0.1, 0.15) is 43.2 Å². The Morgan fingerprint density at radius 1 is 1.24 bits per heavy atom. The molecule has 0 aliphatic heterocycles. The van der Waals surface area contributed by atoms with E-state index in [1.807, 2.05) is 0 Å². The first-order chi connectivity index (χ1) is 8.34. The first-order valence-electron chi connectivity index (χ1n) is 6.81. The summed E-state index contributed by atoms with van der Waals surface area (Å²) in [5.74, 6) is 0. The summed E-state index contributed by atoms with van der Waals surface area (Å²) in [6.07, 6.45) is 7.34. The summed E-state index contributed by atoms with van der Waals surface area (Å²) in [5.41, 5.74) is 2.58. The summed E-state index contributed by atoms with van der Waals surface area (Å²) in [6, 6.07) is 9.17. The highest BCUT2D eigenvalue weighted by atomic mass is 16.3. The number of aliphatic hydroxyl groups excluding tert-OH is 1. The van der Waals surface area contributed by atoms with Crippen molar-refractivity contribution in [2.24, 2.45) is 0 Å². The molecule has 2 heteroatoms. The van der Waals surface area contributed by atoms with Gasteiger partial charge in [0.15, 0.2) is 0 Å². The van der Waals surface area contributed by atoms with Gasteiger partial charge in [0.05, 0.1) is 12.1 Å². The standard InChI is InChI=1S/C15H21NO/c17-11-15(16-13-6-2-3-7-13)10-9-12-5-1-4-8-14(12)15/h1,4-5,8,13,16-17H,2-3,6-7,9-11H2. The summed E-state index contributed by atoms with van der Waals surface area (Å²) in [6.45, 7) is 0.223. The fraction of sp³-hybridized carbons (Fsp3) is 0.600. The lowest BCUT2D eigenvalue weighted by atomic mass is 9.91. The summed E-state index contributed by atoms with van der Waals surface area (Å²) in [7, 11) is 0. The number of fused-ring (bicyclic) bond motifs is 1. The third-order valence-corrected chi connectivity index (χ3v) is 4.46. The zero-order valence-electron chi connectivity index (χ0n) is 10.3. The number of aliphatic hydroxyl groups is 1. The van der Waals surface area contributed by atoms with Crippen LogP contribution >= 0.6 is 0 Å². The average Bonchev–Trinajstić information content (AvgIpc) is 2.99. The molecule has 0 bridgehead atoms. The van der Waals surface area contributed by atoms with Crippen molar-refractivity contribution in [2.45, 2.75) is 50.1 Å². The van der Waals surface area contributed by atoms with E-state index in [4.69, 9.17) is 0 Å². The SMILES string of the molecule is OCC1(NC2CCCC2)CCc2ccccc21. The van der Waals surface area contributed by atoms with Crippen molar-refractivity contribution in [3.63, 3.8) is 0 Å². The molecule has 92 valence electrons. The van der Waals surface area contributed by atoms with E-state index in [-0.39, 0.29) is 12.1 Å². The van der Waals surface area contributed by atoms with Gasteiger partial charge < -0.3 is 10.4 Å². The highest BCUT2D eigenvalue weighted by Crippen LogP contribution is 2.38. The van der Waals surface area contributed by atoms with E-state index in [9.17, 15) is 5.11 Å². The number of nitrogens with one attached hydrogen (secondary N) is 1. The van der Waals surface area contributed by atoms with Crippen molar-refractivity contribution in [3.8, 4) is 0 Å². The molecule has 3 rings (SSSR count). The van der Waals surface area contributed by atoms with Gasteiger partial charge in [-0.05, 0) is 36.8 Å². The van der Waals surface area contributed by atoms with Crippen LogP contribution in [0.25, 0.3) is 0 Å². The average molecular weight is 231 g/mol. The maximum Gasteiger partial charge on any atom is 0.0677 e. The van der Waals surface area contributed by atoms with Crippen LogP contribution in [0.4, 0.5) is 0 Å². The van der Waals surface area contributed by atoms with Gasteiger partial charge in [0.2, 0.25) is 0 Å². The molecule has 0 aromatic heterocycles. The molecule has 17 heavy (non-hydrogen) atoms. The van der Waals surface area contributed by atoms with Crippen molar-refractivity contribution in [3.05, 3.63) is 35.4 Å². The number of aryl methyl sites for hydroxylation is 1. The van der Waals surface area contributed by atoms with Gasteiger partial charge in [-0.15, -0.1) is 0 Å². The smallest absolute Gasteiger partial charge is 0.0677 e. The molecule has 2 nitrogen and oxygen atoms in total. The van der Waals surface area contributed by atoms with Crippen LogP contribution in [0.15, 0.2) is 24.3 Å². The Hall–Kier alpha value is -0.860. The molecule has 0 spiro atoms. The van der Waals surface area contributed by atoms with Crippen molar-refractivity contribution in [1.82, 2.24) is 5.32 Å². The highest BCUT2D eigenvalue weighted by molar-refractivity contribution is 5.39. The van der Waals surface area contributed by atoms with Gasteiger partial charge >= 0.3 is 0 Å². The van der Waals surface area contributed by atoms with Crippen LogP contribution in [0.5, 0.6) is 0 Å². The van der Waals surface area contributed by atoms with Gasteiger partial charge in [-0.1, -0.05) is 37.1 Å². The Balaban J connectivity index is 1.87. The molecule has 1 aromatic rings. The maximum atomic E-state index is 9.86. The predicted molar refractivity (Wildman–Crippen MR) is 68.9 cm³/mol. The van der Waals surface area contributed by atoms with Gasteiger partial charge in [0, 0.05) is 6.04 Å². The largest absolute Gasteiger partial charge is 0.394 e. The molecule has 1 aromatic carbocycles. The van der Waals surface area contributed by atoms with Crippen molar-refractivity contribution >= 4 is 0 Å². The van der Waals surface area contributed by atoms with Gasteiger partial charge in [-0.2, -0.15) is 0 Å². The van der Waals surface area contributed by atoms with Gasteiger partial charge in [-0.3, -0.25) is 0 Å². The van der Waals surface area contributed by atoms with Crippen LogP contribution in [0.3, 0.4) is 0 Å². The molecule has 1 atom stereocenters. The highest BCUT2D eigenvalue weighted by Gasteiger charge is 2.39. The molecular weight excluding hydrogens is 210 g/mol. The Labute approximate surface area is 103 Å². The van der Waals surface area contributed by atoms with Crippen LogP contribution in [-0.4, -0.2) is 17.8 Å². The van der Waals surface area contributed by atoms with E-state index in [1.54, 1.807) is 0 Å². The monoisotopic (exact) mass is 231 g/mol. The summed E-state index contributed by atoms with van der Waals surface area (Å²) in [4.78, 5) is 0. The van der Waals surface area contributed by atoms with E-state index < -0.39 is 0 Å². The number of rotatable bonds is 3. The fourth-order valence-electron chi connectivity index (χ4n) is 3.51. The second-order valence-corrected chi connectivity index (χ2v) is 5.52. The minimum absolute atomic E-state index is 0.161. The van der Waals surface area contributed by atoms with Crippen LogP contribution in [0.2, 0.25) is 0 Å². The molecule has 0 radical (unpaired) electrons. The predicted octanol–water partition coefficient (Wildman–Crippen LogP) is 2.35. The quantitative estimate of drug-likeness (QED) is 0.837. The normalized spacial score (nSPS) is 28.5. The van der Waals surface area contributed by atoms with Gasteiger partial charge in [0.1, 0.15) is 0 Å². The first kappa shape index (κ1) is 11.2. The van der Waals surface area contributed by atoms with E-state index >= 15 is 0 Å². The van der Waals surface area contributed by atoms with Crippen molar-refractivity contribution in [2.75, 3.05) is 6.61 Å². The Kier molecular flexibility index (Phi) is 2.93.